The first-order valence-electron chi connectivity index (χ1n) is 7.16. The minimum Gasteiger partial charge on any atom is -0.330 e. The molecule has 1 aromatic carbocycles. The molecule has 3 rings (SSSR count). The summed E-state index contributed by atoms with van der Waals surface area (Å²) in [4.78, 5) is 1.20. The molecule has 0 spiro atoms. The Balaban J connectivity index is 2.10. The lowest BCUT2D eigenvalue weighted by molar-refractivity contribution is 0.350. The predicted molar refractivity (Wildman–Crippen MR) is 92.1 cm³/mol. The van der Waals surface area contributed by atoms with Crippen LogP contribution in [0, 0.1) is 12.3 Å². The predicted octanol–water partition coefficient (Wildman–Crippen LogP) is 3.22. The third kappa shape index (κ3) is 2.57. The second-order valence-electron chi connectivity index (χ2n) is 6.23. The van der Waals surface area contributed by atoms with E-state index in [-0.39, 0.29) is 5.41 Å². The van der Waals surface area contributed by atoms with Crippen molar-refractivity contribution in [2.75, 3.05) is 19.6 Å². The van der Waals surface area contributed by atoms with E-state index in [9.17, 15) is 8.42 Å². The maximum Gasteiger partial charge on any atom is 0.244 e. The Labute approximate surface area is 139 Å². The van der Waals surface area contributed by atoms with Crippen LogP contribution in [-0.2, 0) is 10.0 Å². The molecule has 0 amide bonds. The molecule has 1 fully saturated rings. The molecule has 2 aromatic rings. The number of halogens is 1. The fourth-order valence-corrected chi connectivity index (χ4v) is 6.47. The third-order valence-electron chi connectivity index (χ3n) is 4.38. The van der Waals surface area contributed by atoms with E-state index in [0.717, 1.165) is 21.4 Å². The Bertz CT molecular complexity index is 831. The van der Waals surface area contributed by atoms with E-state index < -0.39 is 10.0 Å². The number of hydrogen-bond donors (Lipinski definition) is 1. The van der Waals surface area contributed by atoms with Gasteiger partial charge in [0.05, 0.1) is 0 Å². The van der Waals surface area contributed by atoms with E-state index >= 15 is 0 Å². The SMILES string of the molecule is Cc1sc2ccc(Cl)cc2c1S(=O)(=O)N1CCC(C)(CN)C1. The van der Waals surface area contributed by atoms with E-state index in [1.54, 1.807) is 16.4 Å². The molecule has 120 valence electrons. The first-order chi connectivity index (χ1) is 10.3. The molecule has 2 N–H and O–H groups in total. The Kier molecular flexibility index (Phi) is 4.02. The van der Waals surface area contributed by atoms with Gasteiger partial charge in [0.15, 0.2) is 0 Å². The fraction of sp³-hybridized carbons (Fsp3) is 0.467. The Morgan fingerprint density at radius 1 is 1.45 bits per heavy atom. The monoisotopic (exact) mass is 358 g/mol. The first-order valence-corrected chi connectivity index (χ1v) is 9.79. The molecule has 0 aliphatic carbocycles. The number of fused-ring (bicyclic) bond motifs is 1. The molecular formula is C15H19ClN2O2S2. The summed E-state index contributed by atoms with van der Waals surface area (Å²) in [5.41, 5.74) is 5.66. The van der Waals surface area contributed by atoms with Gasteiger partial charge < -0.3 is 5.73 Å². The van der Waals surface area contributed by atoms with Crippen molar-refractivity contribution < 1.29 is 8.42 Å². The van der Waals surface area contributed by atoms with Crippen LogP contribution in [0.1, 0.15) is 18.2 Å². The van der Waals surface area contributed by atoms with Crippen molar-refractivity contribution in [3.05, 3.63) is 28.1 Å². The Hall–Kier alpha value is -0.660. The molecular weight excluding hydrogens is 340 g/mol. The van der Waals surface area contributed by atoms with Gasteiger partial charge >= 0.3 is 0 Å². The average molecular weight is 359 g/mol. The number of thiophene rings is 1. The van der Waals surface area contributed by atoms with Crippen LogP contribution < -0.4 is 5.73 Å². The third-order valence-corrected chi connectivity index (χ3v) is 7.87. The van der Waals surface area contributed by atoms with Gasteiger partial charge in [-0.1, -0.05) is 18.5 Å². The lowest BCUT2D eigenvalue weighted by Gasteiger charge is -2.22. The summed E-state index contributed by atoms with van der Waals surface area (Å²) < 4.78 is 28.7. The summed E-state index contributed by atoms with van der Waals surface area (Å²) in [5.74, 6) is 0. The summed E-state index contributed by atoms with van der Waals surface area (Å²) in [5, 5.41) is 1.27. The van der Waals surface area contributed by atoms with Crippen molar-refractivity contribution in [3.63, 3.8) is 0 Å². The van der Waals surface area contributed by atoms with Crippen LogP contribution in [-0.4, -0.2) is 32.4 Å². The smallest absolute Gasteiger partial charge is 0.244 e. The molecule has 1 aromatic heterocycles. The standard InChI is InChI=1S/C15H19ClN2O2S2/c1-10-14(12-7-11(16)3-4-13(12)21-10)22(19,20)18-6-5-15(2,8-17)9-18/h3-4,7H,5-6,8-9,17H2,1-2H3. The molecule has 1 unspecified atom stereocenters. The van der Waals surface area contributed by atoms with E-state index in [1.165, 1.54) is 11.3 Å². The average Bonchev–Trinajstić information content (AvgIpc) is 3.00. The van der Waals surface area contributed by atoms with Crippen LogP contribution in [0.15, 0.2) is 23.1 Å². The molecule has 1 saturated heterocycles. The molecule has 1 atom stereocenters. The molecule has 1 aliphatic heterocycles. The summed E-state index contributed by atoms with van der Waals surface area (Å²) in [7, 11) is -3.52. The number of nitrogens with two attached hydrogens (primary N) is 1. The van der Waals surface area contributed by atoms with Crippen molar-refractivity contribution in [1.82, 2.24) is 4.31 Å². The highest BCUT2D eigenvalue weighted by Gasteiger charge is 2.40. The number of benzene rings is 1. The number of aryl methyl sites for hydroxylation is 1. The highest BCUT2D eigenvalue weighted by atomic mass is 35.5. The van der Waals surface area contributed by atoms with Gasteiger partial charge in [0.1, 0.15) is 4.90 Å². The first kappa shape index (κ1) is 16.2. The molecule has 1 aliphatic rings. The minimum absolute atomic E-state index is 0.134. The van der Waals surface area contributed by atoms with Gasteiger partial charge in [-0.25, -0.2) is 8.42 Å². The maximum atomic E-state index is 13.1. The highest BCUT2D eigenvalue weighted by molar-refractivity contribution is 7.89. The van der Waals surface area contributed by atoms with Crippen LogP contribution in [0.25, 0.3) is 10.1 Å². The van der Waals surface area contributed by atoms with Crippen LogP contribution in [0.3, 0.4) is 0 Å². The van der Waals surface area contributed by atoms with Crippen LogP contribution >= 0.6 is 22.9 Å². The van der Waals surface area contributed by atoms with E-state index in [4.69, 9.17) is 17.3 Å². The summed E-state index contributed by atoms with van der Waals surface area (Å²) in [6.45, 7) is 5.38. The van der Waals surface area contributed by atoms with E-state index in [0.29, 0.717) is 29.6 Å². The second-order valence-corrected chi connectivity index (χ2v) is 9.80. The summed E-state index contributed by atoms with van der Waals surface area (Å²) in [6, 6.07) is 5.41. The van der Waals surface area contributed by atoms with Crippen LogP contribution in [0.2, 0.25) is 5.02 Å². The summed E-state index contributed by atoms with van der Waals surface area (Å²) in [6.07, 6.45) is 0.796. The molecule has 0 radical (unpaired) electrons. The maximum absolute atomic E-state index is 13.1. The van der Waals surface area contributed by atoms with Gasteiger partial charge in [-0.2, -0.15) is 4.31 Å². The molecule has 22 heavy (non-hydrogen) atoms. The highest BCUT2D eigenvalue weighted by Crippen LogP contribution is 2.40. The quantitative estimate of drug-likeness (QED) is 0.916. The summed E-state index contributed by atoms with van der Waals surface area (Å²) >= 11 is 7.55. The Morgan fingerprint density at radius 3 is 2.82 bits per heavy atom. The van der Waals surface area contributed by atoms with Gasteiger partial charge in [-0.3, -0.25) is 0 Å². The zero-order valence-electron chi connectivity index (χ0n) is 12.6. The van der Waals surface area contributed by atoms with E-state index in [2.05, 4.69) is 0 Å². The normalized spacial score (nSPS) is 23.5. The van der Waals surface area contributed by atoms with Gasteiger partial charge in [-0.05, 0) is 43.5 Å². The van der Waals surface area contributed by atoms with E-state index in [1.807, 2.05) is 19.9 Å². The van der Waals surface area contributed by atoms with Crippen molar-refractivity contribution in [2.45, 2.75) is 25.2 Å². The largest absolute Gasteiger partial charge is 0.330 e. The molecule has 2 heterocycles. The lowest BCUT2D eigenvalue weighted by Crippen LogP contribution is -2.34. The number of rotatable bonds is 3. The lowest BCUT2D eigenvalue weighted by atomic mass is 9.90. The Morgan fingerprint density at radius 2 is 2.18 bits per heavy atom. The number of nitrogens with zero attached hydrogens (tertiary/aromatic N) is 1. The zero-order valence-corrected chi connectivity index (χ0v) is 15.0. The molecule has 0 bridgehead atoms. The van der Waals surface area contributed by atoms with Gasteiger partial charge in [0.25, 0.3) is 0 Å². The van der Waals surface area contributed by atoms with Gasteiger partial charge in [0, 0.05) is 33.1 Å². The van der Waals surface area contributed by atoms with Crippen molar-refractivity contribution in [3.8, 4) is 0 Å². The van der Waals surface area contributed by atoms with Gasteiger partial charge in [-0.15, -0.1) is 11.3 Å². The van der Waals surface area contributed by atoms with Crippen molar-refractivity contribution in [2.24, 2.45) is 11.1 Å². The minimum atomic E-state index is -3.52. The number of sulfonamides is 1. The zero-order chi connectivity index (χ0) is 16.1. The van der Waals surface area contributed by atoms with Crippen LogP contribution in [0.4, 0.5) is 0 Å². The topological polar surface area (TPSA) is 63.4 Å². The van der Waals surface area contributed by atoms with Gasteiger partial charge in [0.2, 0.25) is 10.0 Å². The fourth-order valence-electron chi connectivity index (χ4n) is 2.97. The van der Waals surface area contributed by atoms with Crippen molar-refractivity contribution in [1.29, 1.82) is 0 Å². The molecule has 0 saturated carbocycles. The van der Waals surface area contributed by atoms with Crippen LogP contribution in [0.5, 0.6) is 0 Å². The van der Waals surface area contributed by atoms with Crippen molar-refractivity contribution >= 4 is 43.0 Å². The molecule has 7 heteroatoms. The second kappa shape index (κ2) is 5.46. The number of hydrogen-bond acceptors (Lipinski definition) is 4. The molecule has 4 nitrogen and oxygen atoms in total.